The van der Waals surface area contributed by atoms with Crippen molar-refractivity contribution in [2.45, 2.75) is 0 Å². The Labute approximate surface area is 438 Å². The van der Waals surface area contributed by atoms with Gasteiger partial charge in [-0.25, -0.2) is 0 Å². The van der Waals surface area contributed by atoms with E-state index in [0.29, 0.717) is 22.5 Å². The van der Waals surface area contributed by atoms with Crippen LogP contribution in [0.4, 0.5) is 17.1 Å². The van der Waals surface area contributed by atoms with Crippen molar-refractivity contribution in [3.63, 3.8) is 0 Å². The van der Waals surface area contributed by atoms with E-state index in [4.69, 9.17) is 4.42 Å². The number of nitrogens with zero attached hydrogens (tertiary/aromatic N) is 6. The van der Waals surface area contributed by atoms with Gasteiger partial charge in [-0.15, -0.1) is 11.3 Å². The normalized spacial score (nSPS) is 11.9. The first kappa shape index (κ1) is 42.2. The van der Waals surface area contributed by atoms with E-state index in [-0.39, 0.29) is 0 Å². The average Bonchev–Trinajstić information content (AvgIpc) is 4.29. The summed E-state index contributed by atoms with van der Waals surface area (Å²) in [6.07, 6.45) is 0. The molecule has 16 rings (SSSR count). The van der Waals surface area contributed by atoms with E-state index in [1.54, 1.807) is 11.3 Å². The Morgan fingerprint density at radius 3 is 1.61 bits per heavy atom. The monoisotopic (exact) mass is 986 g/mol. The largest absolute Gasteiger partial charge is 0.455 e. The van der Waals surface area contributed by atoms with Crippen LogP contribution in [0.5, 0.6) is 0 Å². The van der Waals surface area contributed by atoms with Gasteiger partial charge in [0.15, 0.2) is 0 Å². The lowest BCUT2D eigenvalue weighted by atomic mass is 10.1. The number of thiophene rings is 1. The number of furan rings is 1. The molecule has 0 N–H and O–H groups in total. The molecule has 0 spiro atoms. The van der Waals surface area contributed by atoms with E-state index in [2.05, 4.69) is 219 Å². The van der Waals surface area contributed by atoms with Crippen LogP contribution in [0.25, 0.3) is 125 Å². The van der Waals surface area contributed by atoms with Crippen molar-refractivity contribution >= 4 is 136 Å². The Morgan fingerprint density at radius 2 is 0.908 bits per heavy atom. The van der Waals surface area contributed by atoms with Gasteiger partial charge in [-0.05, 0) is 121 Å². The molecule has 76 heavy (non-hydrogen) atoms. The molecule has 0 unspecified atom stereocenters. The molecule has 0 atom stereocenters. The molecule has 352 valence electrons. The summed E-state index contributed by atoms with van der Waals surface area (Å²) >= 11 is 1.76. The Bertz CT molecular complexity index is 5120. The van der Waals surface area contributed by atoms with Crippen LogP contribution in [-0.2, 0) is 0 Å². The Kier molecular flexibility index (Phi) is 8.91. The fourth-order valence-corrected chi connectivity index (χ4v) is 13.3. The SMILES string of the molecule is N#Cc1cc(-n2c3ccc(-n4c5ccccc5c5ccccc54)cc3c3c4oc5ccccc5c4ccc32)c(C#N)cc1-n1c2ccc(N(c3ccccc3)c3ccccc3)cc2c2cc3c(cc21)sc1ccccc13. The van der Waals surface area contributed by atoms with Gasteiger partial charge in [0.25, 0.3) is 0 Å². The van der Waals surface area contributed by atoms with E-state index >= 15 is 0 Å². The molecule has 7 nitrogen and oxygen atoms in total. The van der Waals surface area contributed by atoms with Crippen molar-refractivity contribution in [2.75, 3.05) is 4.90 Å². The van der Waals surface area contributed by atoms with Gasteiger partial charge in [-0.3, -0.25) is 0 Å². The first-order valence-electron chi connectivity index (χ1n) is 25.3. The molecule has 0 saturated heterocycles. The van der Waals surface area contributed by atoms with Crippen LogP contribution in [-0.4, -0.2) is 13.7 Å². The zero-order valence-corrected chi connectivity index (χ0v) is 41.3. The number of anilines is 3. The summed E-state index contributed by atoms with van der Waals surface area (Å²) in [5.74, 6) is 0. The maximum atomic E-state index is 11.5. The van der Waals surface area contributed by atoms with Crippen molar-refractivity contribution in [3.8, 4) is 29.2 Å². The summed E-state index contributed by atoms with van der Waals surface area (Å²) in [6, 6.07) is 85.8. The highest BCUT2D eigenvalue weighted by atomic mass is 32.1. The second kappa shape index (κ2) is 16.1. The topological polar surface area (TPSA) is 78.7 Å². The fourth-order valence-electron chi connectivity index (χ4n) is 12.2. The molecule has 0 aliphatic rings. The maximum absolute atomic E-state index is 11.5. The first-order chi connectivity index (χ1) is 37.6. The van der Waals surface area contributed by atoms with Crippen LogP contribution in [0.1, 0.15) is 11.1 Å². The maximum Gasteiger partial charge on any atom is 0.145 e. The van der Waals surface area contributed by atoms with Crippen molar-refractivity contribution in [3.05, 3.63) is 242 Å². The van der Waals surface area contributed by atoms with Gasteiger partial charge in [0, 0.05) is 80.6 Å². The molecule has 0 fully saturated rings. The lowest BCUT2D eigenvalue weighted by Crippen LogP contribution is -2.09. The number of nitriles is 2. The Hall–Kier alpha value is -10.4. The minimum absolute atomic E-state index is 0.429. The van der Waals surface area contributed by atoms with Crippen molar-refractivity contribution in [2.24, 2.45) is 0 Å². The number of fused-ring (bicyclic) bond motifs is 16. The molecule has 0 bridgehead atoms. The molecule has 8 heteroatoms. The second-order valence-corrected chi connectivity index (χ2v) is 20.5. The zero-order valence-electron chi connectivity index (χ0n) is 40.4. The highest BCUT2D eigenvalue weighted by molar-refractivity contribution is 7.25. The molecule has 0 aliphatic carbocycles. The third-order valence-corrected chi connectivity index (χ3v) is 16.6. The molecule has 5 aromatic heterocycles. The van der Waals surface area contributed by atoms with Gasteiger partial charge < -0.3 is 23.0 Å². The molecule has 5 heterocycles. The summed E-state index contributed by atoms with van der Waals surface area (Å²) in [6.45, 7) is 0. The second-order valence-electron chi connectivity index (χ2n) is 19.5. The summed E-state index contributed by atoms with van der Waals surface area (Å²) < 4.78 is 15.9. The van der Waals surface area contributed by atoms with E-state index in [9.17, 15) is 10.5 Å². The van der Waals surface area contributed by atoms with Gasteiger partial charge in [0.1, 0.15) is 23.3 Å². The summed E-state index contributed by atoms with van der Waals surface area (Å²) in [5, 5.41) is 33.7. The third kappa shape index (κ3) is 5.96. The predicted octanol–water partition coefficient (Wildman–Crippen LogP) is 18.5. The summed E-state index contributed by atoms with van der Waals surface area (Å²) in [7, 11) is 0. The van der Waals surface area contributed by atoms with Crippen LogP contribution in [0.2, 0.25) is 0 Å². The minimum atomic E-state index is 0.429. The molecule has 0 amide bonds. The van der Waals surface area contributed by atoms with Crippen LogP contribution < -0.4 is 4.90 Å². The minimum Gasteiger partial charge on any atom is -0.455 e. The van der Waals surface area contributed by atoms with Gasteiger partial charge >= 0.3 is 0 Å². The smallest absolute Gasteiger partial charge is 0.145 e. The highest BCUT2D eigenvalue weighted by Gasteiger charge is 2.26. The quantitative estimate of drug-likeness (QED) is 0.166. The lowest BCUT2D eigenvalue weighted by molar-refractivity contribution is 0.673. The van der Waals surface area contributed by atoms with Gasteiger partial charge in [0.05, 0.1) is 61.0 Å². The Balaban J connectivity index is 0.961. The molecule has 16 aromatic rings. The van der Waals surface area contributed by atoms with Gasteiger partial charge in [-0.1, -0.05) is 109 Å². The molecular weight excluding hydrogens is 949 g/mol. The van der Waals surface area contributed by atoms with Crippen LogP contribution >= 0.6 is 11.3 Å². The number of hydrogen-bond acceptors (Lipinski definition) is 5. The molecule has 0 radical (unpaired) electrons. The zero-order chi connectivity index (χ0) is 50.2. The number of rotatable bonds is 6. The van der Waals surface area contributed by atoms with E-state index in [1.165, 1.54) is 26.2 Å². The third-order valence-electron chi connectivity index (χ3n) is 15.5. The average molecular weight is 987 g/mol. The van der Waals surface area contributed by atoms with Crippen LogP contribution in [0, 0.1) is 22.7 Å². The number of benzene rings is 11. The summed E-state index contributed by atoms with van der Waals surface area (Å²) in [4.78, 5) is 2.28. The Morgan fingerprint density at radius 1 is 0.355 bits per heavy atom. The van der Waals surface area contributed by atoms with E-state index < -0.39 is 0 Å². The van der Waals surface area contributed by atoms with Crippen molar-refractivity contribution < 1.29 is 4.42 Å². The lowest BCUT2D eigenvalue weighted by Gasteiger charge is -2.25. The van der Waals surface area contributed by atoms with Crippen LogP contribution in [0.15, 0.2) is 235 Å². The van der Waals surface area contributed by atoms with Crippen LogP contribution in [0.3, 0.4) is 0 Å². The first-order valence-corrected chi connectivity index (χ1v) is 26.1. The molecular formula is C68H38N6OS. The molecule has 11 aromatic carbocycles. The fraction of sp³-hybridized carbons (Fsp3) is 0. The predicted molar refractivity (Wildman–Crippen MR) is 314 cm³/mol. The van der Waals surface area contributed by atoms with E-state index in [1.807, 2.05) is 42.5 Å². The molecule has 0 aliphatic heterocycles. The number of para-hydroxylation sites is 5. The molecule has 0 saturated carbocycles. The van der Waals surface area contributed by atoms with Gasteiger partial charge in [0.2, 0.25) is 0 Å². The van der Waals surface area contributed by atoms with Crippen molar-refractivity contribution in [1.29, 1.82) is 10.5 Å². The van der Waals surface area contributed by atoms with Crippen molar-refractivity contribution in [1.82, 2.24) is 13.7 Å². The van der Waals surface area contributed by atoms with Gasteiger partial charge in [-0.2, -0.15) is 10.5 Å². The highest BCUT2D eigenvalue weighted by Crippen LogP contribution is 2.46. The standard InChI is InChI=1S/C68H38N6OS/c69-39-41-34-62(74-58-30-27-45(71(43-15-3-1-4-16-43)44-17-5-2-6-18-44)35-52(58)53-37-54-50-22-10-14-26-65(50)76-66(54)38-63(53)74)42(40-70)33-61(41)73-59-31-28-46(72-56-23-11-7-19-47(56)48-20-8-12-24-57(48)72)36-55(59)67-60(73)32-29-51-49-21-9-13-25-64(49)75-68(51)67/h1-38H. The van der Waals surface area contributed by atoms with E-state index in [0.717, 1.165) is 104 Å². The number of aromatic nitrogens is 3. The number of hydrogen-bond donors (Lipinski definition) is 0. The summed E-state index contributed by atoms with van der Waals surface area (Å²) in [5.41, 5.74) is 13.6.